The molecule has 0 atom stereocenters. The van der Waals surface area contributed by atoms with Crippen molar-refractivity contribution in [2.24, 2.45) is 0 Å². The molecule has 1 amide bonds. The van der Waals surface area contributed by atoms with Crippen LogP contribution in [-0.4, -0.2) is 21.9 Å². The Balaban J connectivity index is 2.27. The summed E-state index contributed by atoms with van der Waals surface area (Å²) in [6, 6.07) is 12.5. The predicted octanol–water partition coefficient (Wildman–Crippen LogP) is 2.06. The van der Waals surface area contributed by atoms with Gasteiger partial charge in [0, 0.05) is 5.69 Å². The normalized spacial score (nSPS) is 10.7. The summed E-state index contributed by atoms with van der Waals surface area (Å²) in [7, 11) is -2.26. The van der Waals surface area contributed by atoms with Gasteiger partial charge in [-0.15, -0.1) is 0 Å². The first kappa shape index (κ1) is 14.9. The van der Waals surface area contributed by atoms with Crippen LogP contribution in [0.5, 0.6) is 5.75 Å². The van der Waals surface area contributed by atoms with Crippen LogP contribution in [0.2, 0.25) is 0 Å². The molecule has 0 aliphatic rings. The van der Waals surface area contributed by atoms with Crippen LogP contribution >= 0.6 is 0 Å². The highest BCUT2D eigenvalue weighted by Gasteiger charge is 2.16. The van der Waals surface area contributed by atoms with E-state index in [0.717, 1.165) is 0 Å². The summed E-state index contributed by atoms with van der Waals surface area (Å²) >= 11 is 0. The van der Waals surface area contributed by atoms with Gasteiger partial charge in [0.1, 0.15) is 5.75 Å². The van der Waals surface area contributed by atoms with Crippen molar-refractivity contribution in [1.82, 2.24) is 0 Å². The Bertz CT molecular complexity index is 727. The van der Waals surface area contributed by atoms with Crippen molar-refractivity contribution in [3.05, 3.63) is 48.5 Å². The summed E-state index contributed by atoms with van der Waals surface area (Å²) in [5.41, 5.74) is 0.872. The lowest BCUT2D eigenvalue weighted by Gasteiger charge is -2.11. The second-order valence-electron chi connectivity index (χ2n) is 4.09. The molecule has 6 nitrogen and oxygen atoms in total. The smallest absolute Gasteiger partial charge is 0.262 e. The zero-order chi connectivity index (χ0) is 15.3. The number of carbonyl (C=O) groups excluding carboxylic acids is 1. The first-order valence-corrected chi connectivity index (χ1v) is 7.51. The van der Waals surface area contributed by atoms with Crippen LogP contribution in [0, 0.1) is 0 Å². The van der Waals surface area contributed by atoms with Gasteiger partial charge in [0.25, 0.3) is 10.0 Å². The average Bonchev–Trinajstić information content (AvgIpc) is 2.48. The Morgan fingerprint density at radius 2 is 1.71 bits per heavy atom. The lowest BCUT2D eigenvalue weighted by molar-refractivity contribution is -0.105. The van der Waals surface area contributed by atoms with E-state index in [-0.39, 0.29) is 4.90 Å². The number of ether oxygens (including phenoxy) is 1. The van der Waals surface area contributed by atoms with Gasteiger partial charge < -0.3 is 10.1 Å². The Kier molecular flexibility index (Phi) is 4.44. The van der Waals surface area contributed by atoms with Crippen molar-refractivity contribution in [2.45, 2.75) is 4.90 Å². The van der Waals surface area contributed by atoms with Crippen molar-refractivity contribution >= 4 is 27.8 Å². The minimum Gasteiger partial charge on any atom is -0.495 e. The summed E-state index contributed by atoms with van der Waals surface area (Å²) in [6.45, 7) is 0. The van der Waals surface area contributed by atoms with Crippen molar-refractivity contribution < 1.29 is 17.9 Å². The van der Waals surface area contributed by atoms with Gasteiger partial charge in [-0.3, -0.25) is 9.52 Å². The lowest BCUT2D eigenvalue weighted by Crippen LogP contribution is -2.13. The number of nitrogens with one attached hydrogen (secondary N) is 2. The first-order valence-electron chi connectivity index (χ1n) is 6.03. The molecule has 0 unspecified atom stereocenters. The van der Waals surface area contributed by atoms with E-state index in [4.69, 9.17) is 4.74 Å². The maximum atomic E-state index is 12.3. The third kappa shape index (κ3) is 3.51. The Labute approximate surface area is 122 Å². The molecule has 0 saturated carbocycles. The molecule has 2 rings (SSSR count). The molecule has 21 heavy (non-hydrogen) atoms. The number of anilines is 2. The molecular weight excluding hydrogens is 292 g/mol. The van der Waals surface area contributed by atoms with Gasteiger partial charge >= 0.3 is 0 Å². The van der Waals surface area contributed by atoms with E-state index in [9.17, 15) is 13.2 Å². The topological polar surface area (TPSA) is 84.5 Å². The molecule has 0 radical (unpaired) electrons. The van der Waals surface area contributed by atoms with E-state index in [0.29, 0.717) is 23.5 Å². The minimum absolute atomic E-state index is 0.0878. The predicted molar refractivity (Wildman–Crippen MR) is 79.9 cm³/mol. The van der Waals surface area contributed by atoms with Crippen LogP contribution in [-0.2, 0) is 14.8 Å². The highest BCUT2D eigenvalue weighted by Crippen LogP contribution is 2.26. The molecule has 0 fully saturated rings. The molecule has 2 N–H and O–H groups in total. The number of hydrogen-bond donors (Lipinski definition) is 2. The summed E-state index contributed by atoms with van der Waals surface area (Å²) in [4.78, 5) is 10.4. The number of carbonyl (C=O) groups is 1. The third-order valence-electron chi connectivity index (χ3n) is 2.74. The maximum Gasteiger partial charge on any atom is 0.262 e. The maximum absolute atomic E-state index is 12.3. The number of para-hydroxylation sites is 2. The van der Waals surface area contributed by atoms with Gasteiger partial charge in [-0.05, 0) is 36.4 Å². The Morgan fingerprint density at radius 1 is 1.05 bits per heavy atom. The number of rotatable bonds is 6. The highest BCUT2D eigenvalue weighted by molar-refractivity contribution is 7.92. The molecule has 0 aliphatic heterocycles. The highest BCUT2D eigenvalue weighted by atomic mass is 32.2. The van der Waals surface area contributed by atoms with Crippen LogP contribution in [0.3, 0.4) is 0 Å². The van der Waals surface area contributed by atoms with Gasteiger partial charge in [0.05, 0.1) is 17.7 Å². The van der Waals surface area contributed by atoms with Crippen LogP contribution in [0.4, 0.5) is 11.4 Å². The molecular formula is C14H14N2O4S. The van der Waals surface area contributed by atoms with Crippen molar-refractivity contribution in [3.8, 4) is 5.75 Å². The van der Waals surface area contributed by atoms with Crippen LogP contribution < -0.4 is 14.8 Å². The monoisotopic (exact) mass is 306 g/mol. The van der Waals surface area contributed by atoms with Gasteiger partial charge in [-0.25, -0.2) is 8.42 Å². The molecule has 0 bridgehead atoms. The molecule has 0 saturated heterocycles. The fraction of sp³-hybridized carbons (Fsp3) is 0.0714. The zero-order valence-electron chi connectivity index (χ0n) is 11.2. The largest absolute Gasteiger partial charge is 0.495 e. The zero-order valence-corrected chi connectivity index (χ0v) is 12.1. The molecule has 2 aromatic carbocycles. The van der Waals surface area contributed by atoms with Crippen LogP contribution in [0.1, 0.15) is 0 Å². The number of hydrogen-bond acceptors (Lipinski definition) is 4. The van der Waals surface area contributed by atoms with E-state index >= 15 is 0 Å². The summed E-state index contributed by atoms with van der Waals surface area (Å²) in [5, 5.41) is 2.44. The standard InChI is InChI=1S/C14H14N2O4S/c1-20-14-5-3-2-4-13(14)16-21(18,19)12-8-6-11(7-9-12)15-10-17/h2-10,16H,1H3,(H,15,17). The number of sulfonamides is 1. The van der Waals surface area contributed by atoms with Crippen molar-refractivity contribution in [1.29, 1.82) is 0 Å². The van der Waals surface area contributed by atoms with Gasteiger partial charge in [-0.2, -0.15) is 0 Å². The average molecular weight is 306 g/mol. The molecule has 0 heterocycles. The quantitative estimate of drug-likeness (QED) is 0.800. The SMILES string of the molecule is COc1ccccc1NS(=O)(=O)c1ccc(NC=O)cc1. The van der Waals surface area contributed by atoms with Crippen LogP contribution in [0.15, 0.2) is 53.4 Å². The van der Waals surface area contributed by atoms with E-state index in [1.54, 1.807) is 24.3 Å². The fourth-order valence-electron chi connectivity index (χ4n) is 1.73. The third-order valence-corrected chi connectivity index (χ3v) is 4.12. The van der Waals surface area contributed by atoms with Crippen LogP contribution in [0.25, 0.3) is 0 Å². The Hall–Kier alpha value is -2.54. The molecule has 110 valence electrons. The molecule has 2 aromatic rings. The minimum atomic E-state index is -3.72. The summed E-state index contributed by atoms with van der Waals surface area (Å²) in [6.07, 6.45) is 0.524. The van der Waals surface area contributed by atoms with Gasteiger partial charge in [-0.1, -0.05) is 12.1 Å². The van der Waals surface area contributed by atoms with Crippen molar-refractivity contribution in [3.63, 3.8) is 0 Å². The molecule has 7 heteroatoms. The summed E-state index contributed by atoms with van der Waals surface area (Å²) < 4.78 is 32.1. The first-order chi connectivity index (χ1) is 10.1. The number of amides is 1. The fourth-order valence-corrected chi connectivity index (χ4v) is 2.80. The molecule has 0 aromatic heterocycles. The van der Waals surface area contributed by atoms with E-state index in [1.165, 1.54) is 31.4 Å². The van der Waals surface area contributed by atoms with Crippen molar-refractivity contribution in [2.75, 3.05) is 17.1 Å². The van der Waals surface area contributed by atoms with E-state index in [1.807, 2.05) is 0 Å². The van der Waals surface area contributed by atoms with Gasteiger partial charge in [0.15, 0.2) is 0 Å². The second-order valence-corrected chi connectivity index (χ2v) is 5.77. The van der Waals surface area contributed by atoms with Gasteiger partial charge in [0.2, 0.25) is 6.41 Å². The molecule has 0 aliphatic carbocycles. The summed E-state index contributed by atoms with van der Waals surface area (Å²) in [5.74, 6) is 0.431. The van der Waals surface area contributed by atoms with E-state index < -0.39 is 10.0 Å². The lowest BCUT2D eigenvalue weighted by atomic mass is 10.3. The van der Waals surface area contributed by atoms with E-state index in [2.05, 4.69) is 10.0 Å². The number of benzene rings is 2. The second kappa shape index (κ2) is 6.27. The number of methoxy groups -OCH3 is 1. The Morgan fingerprint density at radius 3 is 2.33 bits per heavy atom. The molecule has 0 spiro atoms.